The minimum absolute atomic E-state index is 0.264. The van der Waals surface area contributed by atoms with Crippen molar-refractivity contribution in [1.82, 2.24) is 9.71 Å². The number of halogens is 1. The van der Waals surface area contributed by atoms with Gasteiger partial charge in [0.2, 0.25) is 0 Å². The van der Waals surface area contributed by atoms with Gasteiger partial charge in [0.05, 0.1) is 19.9 Å². The molecule has 6 nitrogen and oxygen atoms in total. The van der Waals surface area contributed by atoms with E-state index in [0.717, 1.165) is 19.9 Å². The smallest absolute Gasteiger partial charge is 0.409 e. The fraction of sp³-hybridized carbons (Fsp3) is 0.0909. The molecule has 110 valence electrons. The van der Waals surface area contributed by atoms with Crippen LogP contribution in [0.3, 0.4) is 0 Å². The van der Waals surface area contributed by atoms with E-state index in [0.29, 0.717) is 5.39 Å². The Morgan fingerprint density at radius 3 is 2.95 bits per heavy atom. The number of ether oxygens (including phenoxy) is 1. The van der Waals surface area contributed by atoms with E-state index in [1.807, 2.05) is 12.3 Å². The van der Waals surface area contributed by atoms with E-state index in [-0.39, 0.29) is 5.75 Å². The SMILES string of the molecule is Cc1nc2c(cc(OC(=O)NS(=O)(=O)Cl)c3ccsc32)s1. The standard InChI is InChI=1S/C11H7ClN2O4S3/c1-5-13-9-8(20-5)4-7(6-2-3-19-10(6)9)18-11(15)14-21(12,16)17/h2-4H,1H3,(H,14,15). The molecule has 0 saturated carbocycles. The van der Waals surface area contributed by atoms with Crippen molar-refractivity contribution in [2.75, 3.05) is 0 Å². The Morgan fingerprint density at radius 2 is 2.24 bits per heavy atom. The van der Waals surface area contributed by atoms with Gasteiger partial charge in [-0.3, -0.25) is 0 Å². The average Bonchev–Trinajstić information content (AvgIpc) is 2.91. The first-order chi connectivity index (χ1) is 9.83. The van der Waals surface area contributed by atoms with Gasteiger partial charge in [-0.1, -0.05) is 0 Å². The maximum atomic E-state index is 11.5. The number of aromatic nitrogens is 1. The van der Waals surface area contributed by atoms with Crippen LogP contribution < -0.4 is 9.46 Å². The second-order valence-electron chi connectivity index (χ2n) is 4.05. The van der Waals surface area contributed by atoms with Crippen LogP contribution in [0.25, 0.3) is 20.3 Å². The van der Waals surface area contributed by atoms with Gasteiger partial charge in [-0.05, 0) is 18.4 Å². The number of amides is 1. The van der Waals surface area contributed by atoms with Gasteiger partial charge in [-0.2, -0.15) is 8.42 Å². The molecular formula is C11H7ClN2O4S3. The van der Waals surface area contributed by atoms with Gasteiger partial charge >= 0.3 is 15.3 Å². The zero-order chi connectivity index (χ0) is 15.2. The molecule has 1 N–H and O–H groups in total. The van der Waals surface area contributed by atoms with Gasteiger partial charge in [0, 0.05) is 22.1 Å². The number of thiazole rings is 1. The third-order valence-electron chi connectivity index (χ3n) is 2.58. The number of carbonyl (C=O) groups is 1. The van der Waals surface area contributed by atoms with E-state index >= 15 is 0 Å². The van der Waals surface area contributed by atoms with Gasteiger partial charge < -0.3 is 4.74 Å². The Bertz CT molecular complexity index is 961. The molecule has 0 radical (unpaired) electrons. The van der Waals surface area contributed by atoms with Crippen LogP contribution in [0, 0.1) is 6.92 Å². The van der Waals surface area contributed by atoms with E-state index in [4.69, 9.17) is 15.4 Å². The first kappa shape index (κ1) is 14.5. The molecule has 0 fully saturated rings. The topological polar surface area (TPSA) is 85.4 Å². The van der Waals surface area contributed by atoms with Crippen molar-refractivity contribution < 1.29 is 17.9 Å². The summed E-state index contributed by atoms with van der Waals surface area (Å²) in [6.45, 7) is 1.89. The molecule has 0 spiro atoms. The Balaban J connectivity index is 2.08. The number of hydrogen-bond acceptors (Lipinski definition) is 7. The zero-order valence-corrected chi connectivity index (χ0v) is 13.6. The number of hydrogen-bond donors (Lipinski definition) is 1. The first-order valence-electron chi connectivity index (χ1n) is 5.55. The first-order valence-corrected chi connectivity index (χ1v) is 9.55. The number of nitrogens with zero attached hydrogens (tertiary/aromatic N) is 1. The summed E-state index contributed by atoms with van der Waals surface area (Å²) in [5.74, 6) is 0.264. The lowest BCUT2D eigenvalue weighted by Gasteiger charge is -2.05. The fourth-order valence-corrected chi connectivity index (χ4v) is 4.15. The van der Waals surface area contributed by atoms with Crippen LogP contribution in [0.1, 0.15) is 5.01 Å². The molecule has 1 aromatic carbocycles. The number of thiophene rings is 1. The fourth-order valence-electron chi connectivity index (χ4n) is 1.89. The van der Waals surface area contributed by atoms with Gasteiger partial charge in [-0.15, -0.1) is 22.7 Å². The van der Waals surface area contributed by atoms with Crippen LogP contribution >= 0.6 is 33.4 Å². The van der Waals surface area contributed by atoms with Crippen molar-refractivity contribution in [2.45, 2.75) is 6.92 Å². The van der Waals surface area contributed by atoms with E-state index in [1.165, 1.54) is 22.7 Å². The minimum atomic E-state index is -4.18. The number of rotatable bonds is 2. The van der Waals surface area contributed by atoms with E-state index in [9.17, 15) is 13.2 Å². The predicted molar refractivity (Wildman–Crippen MR) is 83.7 cm³/mol. The van der Waals surface area contributed by atoms with Crippen LogP contribution in [0.15, 0.2) is 17.5 Å². The number of carbonyl (C=O) groups excluding carboxylic acids is 1. The highest BCUT2D eigenvalue weighted by atomic mass is 35.7. The van der Waals surface area contributed by atoms with Gasteiger partial charge in [0.25, 0.3) is 0 Å². The number of benzene rings is 1. The number of nitrogens with one attached hydrogen (secondary N) is 1. The largest absolute Gasteiger partial charge is 0.427 e. The van der Waals surface area contributed by atoms with Crippen molar-refractivity contribution >= 4 is 69.0 Å². The Hall–Kier alpha value is -1.42. The molecule has 10 heteroatoms. The highest BCUT2D eigenvalue weighted by Crippen LogP contribution is 2.38. The van der Waals surface area contributed by atoms with Crippen LogP contribution in [0.2, 0.25) is 0 Å². The van der Waals surface area contributed by atoms with E-state index < -0.39 is 15.3 Å². The molecule has 2 aromatic heterocycles. The minimum Gasteiger partial charge on any atom is -0.409 e. The quantitative estimate of drug-likeness (QED) is 0.706. The summed E-state index contributed by atoms with van der Waals surface area (Å²) < 4.78 is 30.0. The maximum Gasteiger partial charge on any atom is 0.427 e. The zero-order valence-electron chi connectivity index (χ0n) is 10.4. The molecule has 1 amide bonds. The normalized spacial score (nSPS) is 11.9. The van der Waals surface area contributed by atoms with Crippen LogP contribution in [0.5, 0.6) is 5.75 Å². The van der Waals surface area contributed by atoms with Crippen molar-refractivity contribution in [3.8, 4) is 5.75 Å². The Morgan fingerprint density at radius 1 is 1.48 bits per heavy atom. The summed E-state index contributed by atoms with van der Waals surface area (Å²) in [5, 5.41) is 3.44. The molecule has 0 aliphatic heterocycles. The Labute approximate surface area is 131 Å². The molecule has 0 bridgehead atoms. The average molecular weight is 363 g/mol. The molecule has 21 heavy (non-hydrogen) atoms. The summed E-state index contributed by atoms with van der Waals surface area (Å²) in [6.07, 6.45) is -1.15. The van der Waals surface area contributed by atoms with Crippen molar-refractivity contribution in [3.05, 3.63) is 22.5 Å². The second-order valence-corrected chi connectivity index (χ2v) is 8.50. The molecule has 0 atom stereocenters. The van der Waals surface area contributed by atoms with Crippen molar-refractivity contribution in [3.63, 3.8) is 0 Å². The monoisotopic (exact) mass is 362 g/mol. The van der Waals surface area contributed by atoms with Crippen molar-refractivity contribution in [2.24, 2.45) is 0 Å². The summed E-state index contributed by atoms with van der Waals surface area (Å²) in [4.78, 5) is 16.0. The maximum absolute atomic E-state index is 11.5. The van der Waals surface area contributed by atoms with Crippen LogP contribution in [-0.2, 0) is 9.24 Å². The molecule has 0 unspecified atom stereocenters. The van der Waals surface area contributed by atoms with Gasteiger partial charge in [-0.25, -0.2) is 14.5 Å². The molecule has 3 aromatic rings. The second kappa shape index (κ2) is 5.09. The number of fused-ring (bicyclic) bond motifs is 3. The lowest BCUT2D eigenvalue weighted by atomic mass is 10.2. The van der Waals surface area contributed by atoms with Gasteiger partial charge in [0.15, 0.2) is 0 Å². The lowest BCUT2D eigenvalue weighted by Crippen LogP contribution is -2.29. The van der Waals surface area contributed by atoms with E-state index in [2.05, 4.69) is 4.98 Å². The summed E-state index contributed by atoms with van der Waals surface area (Å²) >= 11 is 2.94. The molecular weight excluding hydrogens is 356 g/mol. The molecule has 0 aliphatic carbocycles. The molecule has 0 saturated heterocycles. The summed E-state index contributed by atoms with van der Waals surface area (Å²) in [6, 6.07) is 3.45. The van der Waals surface area contributed by atoms with Crippen molar-refractivity contribution in [1.29, 1.82) is 0 Å². The highest BCUT2D eigenvalue weighted by Gasteiger charge is 2.17. The van der Waals surface area contributed by atoms with Crippen LogP contribution in [0.4, 0.5) is 4.79 Å². The lowest BCUT2D eigenvalue weighted by molar-refractivity contribution is 0.207. The highest BCUT2D eigenvalue weighted by molar-refractivity contribution is 8.12. The van der Waals surface area contributed by atoms with Gasteiger partial charge in [0.1, 0.15) is 5.75 Å². The summed E-state index contributed by atoms with van der Waals surface area (Å²) in [7, 11) is 0.763. The summed E-state index contributed by atoms with van der Waals surface area (Å²) in [5.41, 5.74) is 0.847. The van der Waals surface area contributed by atoms with E-state index in [1.54, 1.807) is 16.9 Å². The number of aryl methyl sites for hydroxylation is 1. The predicted octanol–water partition coefficient (Wildman–Crippen LogP) is 3.39. The Kier molecular flexibility index (Phi) is 3.52. The molecule has 0 aliphatic rings. The molecule has 2 heterocycles. The van der Waals surface area contributed by atoms with Crippen LogP contribution in [-0.4, -0.2) is 19.5 Å². The molecule has 3 rings (SSSR count). The third kappa shape index (κ3) is 2.95. The third-order valence-corrected chi connectivity index (χ3v) is 5.06.